The van der Waals surface area contributed by atoms with Crippen molar-refractivity contribution >= 4 is 17.4 Å². The Morgan fingerprint density at radius 2 is 2.18 bits per heavy atom. The maximum atomic E-state index is 6.16. The molecule has 17 heavy (non-hydrogen) atoms. The molecule has 1 fully saturated rings. The van der Waals surface area contributed by atoms with E-state index in [1.54, 1.807) is 6.33 Å². The van der Waals surface area contributed by atoms with Crippen molar-refractivity contribution in [1.29, 1.82) is 0 Å². The first-order valence-corrected chi connectivity index (χ1v) is 6.71. The van der Waals surface area contributed by atoms with Crippen molar-refractivity contribution in [2.45, 2.75) is 33.1 Å². The number of nitrogens with zero attached hydrogens (tertiary/aromatic N) is 3. The Kier molecular flexibility index (Phi) is 3.87. The van der Waals surface area contributed by atoms with E-state index < -0.39 is 0 Å². The lowest BCUT2D eigenvalue weighted by Crippen LogP contribution is -2.23. The van der Waals surface area contributed by atoms with Crippen molar-refractivity contribution in [3.63, 3.8) is 0 Å². The third kappa shape index (κ3) is 2.89. The Morgan fingerprint density at radius 1 is 1.47 bits per heavy atom. The van der Waals surface area contributed by atoms with E-state index in [-0.39, 0.29) is 0 Å². The zero-order valence-corrected chi connectivity index (χ0v) is 11.5. The van der Waals surface area contributed by atoms with Crippen molar-refractivity contribution < 1.29 is 0 Å². The van der Waals surface area contributed by atoms with Crippen molar-refractivity contribution in [2.75, 3.05) is 18.5 Å². The van der Waals surface area contributed by atoms with E-state index in [9.17, 15) is 0 Å². The Balaban J connectivity index is 2.15. The van der Waals surface area contributed by atoms with E-state index in [2.05, 4.69) is 35.8 Å². The SMILES string of the molecule is CCCc1c(Cl)ncnc1N(C)CC1CC1C. The maximum absolute atomic E-state index is 6.16. The molecule has 2 unspecified atom stereocenters. The molecule has 1 aromatic heterocycles. The fourth-order valence-corrected chi connectivity index (χ4v) is 2.49. The molecule has 0 N–H and O–H groups in total. The van der Waals surface area contributed by atoms with Gasteiger partial charge in [-0.2, -0.15) is 0 Å². The third-order valence-corrected chi connectivity index (χ3v) is 3.84. The van der Waals surface area contributed by atoms with Crippen LogP contribution in [0.4, 0.5) is 5.82 Å². The fourth-order valence-electron chi connectivity index (χ4n) is 2.27. The average molecular weight is 254 g/mol. The summed E-state index contributed by atoms with van der Waals surface area (Å²) in [4.78, 5) is 10.7. The average Bonchev–Trinajstić information content (AvgIpc) is 2.97. The number of aromatic nitrogens is 2. The minimum absolute atomic E-state index is 0.604. The largest absolute Gasteiger partial charge is 0.359 e. The van der Waals surface area contributed by atoms with Gasteiger partial charge in [-0.1, -0.05) is 31.9 Å². The second-order valence-corrected chi connectivity index (χ2v) is 5.43. The van der Waals surface area contributed by atoms with Crippen LogP contribution in [0.15, 0.2) is 6.33 Å². The van der Waals surface area contributed by atoms with Gasteiger partial charge in [-0.3, -0.25) is 0 Å². The van der Waals surface area contributed by atoms with Crippen LogP contribution in [0.25, 0.3) is 0 Å². The van der Waals surface area contributed by atoms with Crippen LogP contribution in [0.2, 0.25) is 5.15 Å². The fraction of sp³-hybridized carbons (Fsp3) is 0.692. The predicted octanol–water partition coefficient (Wildman–Crippen LogP) is 3.17. The lowest BCUT2D eigenvalue weighted by molar-refractivity contribution is 0.713. The predicted molar refractivity (Wildman–Crippen MR) is 71.6 cm³/mol. The number of rotatable bonds is 5. The summed E-state index contributed by atoms with van der Waals surface area (Å²) in [6.07, 6.45) is 4.91. The number of hydrogen-bond acceptors (Lipinski definition) is 3. The van der Waals surface area contributed by atoms with Crippen LogP contribution in [-0.2, 0) is 6.42 Å². The molecule has 94 valence electrons. The molecule has 2 atom stereocenters. The topological polar surface area (TPSA) is 29.0 Å². The van der Waals surface area contributed by atoms with Crippen LogP contribution in [0.3, 0.4) is 0 Å². The molecule has 1 aliphatic carbocycles. The summed E-state index contributed by atoms with van der Waals surface area (Å²) in [5.41, 5.74) is 1.09. The zero-order chi connectivity index (χ0) is 12.4. The van der Waals surface area contributed by atoms with Crippen molar-refractivity contribution in [2.24, 2.45) is 11.8 Å². The summed E-state index contributed by atoms with van der Waals surface area (Å²) in [6, 6.07) is 0. The molecular weight excluding hydrogens is 234 g/mol. The molecular formula is C13H20ClN3. The molecule has 0 amide bonds. The molecule has 0 saturated heterocycles. The highest BCUT2D eigenvalue weighted by molar-refractivity contribution is 6.30. The quantitative estimate of drug-likeness (QED) is 0.755. The van der Waals surface area contributed by atoms with E-state index in [1.807, 2.05) is 0 Å². The monoisotopic (exact) mass is 253 g/mol. The van der Waals surface area contributed by atoms with Gasteiger partial charge in [0.25, 0.3) is 0 Å². The summed E-state index contributed by atoms with van der Waals surface area (Å²) in [6.45, 7) is 5.53. The highest BCUT2D eigenvalue weighted by Gasteiger charge is 2.33. The molecule has 4 heteroatoms. The maximum Gasteiger partial charge on any atom is 0.137 e. The smallest absolute Gasteiger partial charge is 0.137 e. The Morgan fingerprint density at radius 3 is 2.76 bits per heavy atom. The minimum atomic E-state index is 0.604. The zero-order valence-electron chi connectivity index (χ0n) is 10.8. The normalized spacial score (nSPS) is 22.6. The molecule has 1 saturated carbocycles. The van der Waals surface area contributed by atoms with Crippen molar-refractivity contribution in [3.8, 4) is 0 Å². The van der Waals surface area contributed by atoms with Crippen LogP contribution < -0.4 is 4.90 Å². The molecule has 2 rings (SSSR count). The van der Waals surface area contributed by atoms with Crippen LogP contribution in [-0.4, -0.2) is 23.6 Å². The van der Waals surface area contributed by atoms with E-state index in [0.29, 0.717) is 5.15 Å². The molecule has 0 spiro atoms. The van der Waals surface area contributed by atoms with Gasteiger partial charge >= 0.3 is 0 Å². The van der Waals surface area contributed by atoms with E-state index >= 15 is 0 Å². The second-order valence-electron chi connectivity index (χ2n) is 5.07. The number of anilines is 1. The highest BCUT2D eigenvalue weighted by Crippen LogP contribution is 2.39. The van der Waals surface area contributed by atoms with Gasteiger partial charge in [-0.25, -0.2) is 9.97 Å². The van der Waals surface area contributed by atoms with Crippen LogP contribution >= 0.6 is 11.6 Å². The molecule has 3 nitrogen and oxygen atoms in total. The third-order valence-electron chi connectivity index (χ3n) is 3.52. The van der Waals surface area contributed by atoms with Crippen molar-refractivity contribution in [3.05, 3.63) is 17.0 Å². The Bertz CT molecular complexity index is 394. The molecule has 0 radical (unpaired) electrons. The minimum Gasteiger partial charge on any atom is -0.359 e. The van der Waals surface area contributed by atoms with Gasteiger partial charge in [0, 0.05) is 19.2 Å². The molecule has 1 heterocycles. The van der Waals surface area contributed by atoms with E-state index in [1.165, 1.54) is 6.42 Å². The van der Waals surface area contributed by atoms with Crippen molar-refractivity contribution in [1.82, 2.24) is 9.97 Å². The molecule has 1 aliphatic rings. The van der Waals surface area contributed by atoms with Gasteiger partial charge in [0.15, 0.2) is 0 Å². The van der Waals surface area contributed by atoms with Crippen LogP contribution in [0.5, 0.6) is 0 Å². The lowest BCUT2D eigenvalue weighted by atomic mass is 10.1. The molecule has 0 aromatic carbocycles. The van der Waals surface area contributed by atoms with Crippen LogP contribution in [0, 0.1) is 11.8 Å². The van der Waals surface area contributed by atoms with Crippen LogP contribution in [0.1, 0.15) is 32.3 Å². The van der Waals surface area contributed by atoms with Gasteiger partial charge in [0.2, 0.25) is 0 Å². The summed E-state index contributed by atoms with van der Waals surface area (Å²) in [7, 11) is 2.10. The van der Waals surface area contributed by atoms with Gasteiger partial charge in [-0.05, 0) is 24.7 Å². The van der Waals surface area contributed by atoms with E-state index in [0.717, 1.165) is 42.6 Å². The molecule has 0 bridgehead atoms. The number of hydrogen-bond donors (Lipinski definition) is 0. The summed E-state index contributed by atoms with van der Waals surface area (Å²) >= 11 is 6.16. The Labute approximate surface area is 108 Å². The van der Waals surface area contributed by atoms with Gasteiger partial charge in [-0.15, -0.1) is 0 Å². The Hall–Kier alpha value is -0.830. The van der Waals surface area contributed by atoms with Gasteiger partial charge in [0.1, 0.15) is 17.3 Å². The first-order chi connectivity index (χ1) is 8.13. The van der Waals surface area contributed by atoms with E-state index in [4.69, 9.17) is 11.6 Å². The highest BCUT2D eigenvalue weighted by atomic mass is 35.5. The lowest BCUT2D eigenvalue weighted by Gasteiger charge is -2.21. The van der Waals surface area contributed by atoms with Gasteiger partial charge < -0.3 is 4.90 Å². The first-order valence-electron chi connectivity index (χ1n) is 6.34. The molecule has 0 aliphatic heterocycles. The first kappa shape index (κ1) is 12.6. The summed E-state index contributed by atoms with van der Waals surface area (Å²) in [5.74, 6) is 2.69. The van der Waals surface area contributed by atoms with Gasteiger partial charge in [0.05, 0.1) is 0 Å². The number of halogens is 1. The summed E-state index contributed by atoms with van der Waals surface area (Å²) in [5, 5.41) is 0.604. The molecule has 1 aromatic rings. The second kappa shape index (κ2) is 5.21. The summed E-state index contributed by atoms with van der Waals surface area (Å²) < 4.78 is 0. The standard InChI is InChI=1S/C13H20ClN3/c1-4-5-11-12(14)15-8-16-13(11)17(3)7-10-6-9(10)2/h8-10H,4-7H2,1-3H3.